The molecule has 1 heterocycles. The lowest BCUT2D eigenvalue weighted by molar-refractivity contribution is 0.465. The average molecular weight is 313 g/mol. The van der Waals surface area contributed by atoms with Crippen LogP contribution in [0.1, 0.15) is 96.3 Å². The van der Waals surface area contributed by atoms with Crippen LogP contribution < -0.4 is 0 Å². The Morgan fingerprint density at radius 3 is 1.71 bits per heavy atom. The van der Waals surface area contributed by atoms with Crippen LogP contribution >= 0.6 is 12.2 Å². The molecule has 0 saturated heterocycles. The molecule has 0 amide bonds. The Labute approximate surface area is 134 Å². The molecule has 1 aromatic heterocycles. The Balaban J connectivity index is 1.75. The number of H-pyrrole nitrogens is 1. The van der Waals surface area contributed by atoms with Crippen LogP contribution in [0.25, 0.3) is 0 Å². The van der Waals surface area contributed by atoms with Crippen LogP contribution in [0.15, 0.2) is 4.42 Å². The number of aromatic nitrogens is 2. The van der Waals surface area contributed by atoms with Gasteiger partial charge in [-0.2, -0.15) is 0 Å². The topological polar surface area (TPSA) is 41.8 Å². The molecular weight excluding hydrogens is 280 g/mol. The summed E-state index contributed by atoms with van der Waals surface area (Å²) in [5.74, 6) is 0.753. The van der Waals surface area contributed by atoms with E-state index in [4.69, 9.17) is 16.6 Å². The highest BCUT2D eigenvalue weighted by molar-refractivity contribution is 7.71. The van der Waals surface area contributed by atoms with E-state index in [-0.39, 0.29) is 0 Å². The zero-order chi connectivity index (χ0) is 15.2. The normalized spacial score (nSPS) is 11.1. The molecule has 1 rings (SSSR count). The van der Waals surface area contributed by atoms with Crippen LogP contribution in [-0.4, -0.2) is 10.2 Å². The summed E-state index contributed by atoms with van der Waals surface area (Å²) in [5.41, 5.74) is 0. The van der Waals surface area contributed by atoms with Crippen LogP contribution in [-0.2, 0) is 6.42 Å². The first-order chi connectivity index (χ1) is 10.3. The van der Waals surface area contributed by atoms with Crippen LogP contribution in [0.4, 0.5) is 0 Å². The summed E-state index contributed by atoms with van der Waals surface area (Å²) >= 11 is 4.85. The Morgan fingerprint density at radius 1 is 0.810 bits per heavy atom. The van der Waals surface area contributed by atoms with Crippen molar-refractivity contribution in [2.24, 2.45) is 0 Å². The Bertz CT molecular complexity index is 386. The van der Waals surface area contributed by atoms with Gasteiger partial charge in [0.15, 0.2) is 0 Å². The van der Waals surface area contributed by atoms with Gasteiger partial charge in [0.1, 0.15) is 0 Å². The van der Waals surface area contributed by atoms with E-state index in [1.807, 2.05) is 0 Å². The van der Waals surface area contributed by atoms with Crippen LogP contribution in [0.3, 0.4) is 0 Å². The summed E-state index contributed by atoms with van der Waals surface area (Å²) in [6.07, 6.45) is 18.8. The van der Waals surface area contributed by atoms with Crippen LogP contribution in [0, 0.1) is 4.84 Å². The van der Waals surface area contributed by atoms with E-state index in [1.54, 1.807) is 0 Å². The van der Waals surface area contributed by atoms with Crippen molar-refractivity contribution in [3.05, 3.63) is 10.7 Å². The molecule has 0 unspecified atom stereocenters. The molecule has 0 aromatic carbocycles. The number of rotatable bonds is 14. The lowest BCUT2D eigenvalue weighted by atomic mass is 10.0. The van der Waals surface area contributed by atoms with Crippen molar-refractivity contribution in [1.82, 2.24) is 10.2 Å². The van der Waals surface area contributed by atoms with Gasteiger partial charge in [-0.15, -0.1) is 5.10 Å². The first kappa shape index (κ1) is 18.4. The van der Waals surface area contributed by atoms with Gasteiger partial charge >= 0.3 is 0 Å². The molecule has 0 fully saturated rings. The van der Waals surface area contributed by atoms with E-state index in [9.17, 15) is 0 Å². The molecule has 122 valence electrons. The van der Waals surface area contributed by atoms with E-state index in [1.165, 1.54) is 77.0 Å². The van der Waals surface area contributed by atoms with Crippen molar-refractivity contribution in [3.63, 3.8) is 0 Å². The number of nitrogens with one attached hydrogen (secondary N) is 1. The molecule has 0 saturated carbocycles. The molecule has 3 nitrogen and oxygen atoms in total. The lowest BCUT2D eigenvalue weighted by Crippen LogP contribution is -1.87. The summed E-state index contributed by atoms with van der Waals surface area (Å²) in [4.78, 5) is 0.389. The molecule has 0 aliphatic rings. The van der Waals surface area contributed by atoms with Gasteiger partial charge in [0.25, 0.3) is 4.84 Å². The van der Waals surface area contributed by atoms with E-state index in [2.05, 4.69) is 17.1 Å². The van der Waals surface area contributed by atoms with Gasteiger partial charge in [0.05, 0.1) is 0 Å². The number of unbranched alkanes of at least 4 members (excludes halogenated alkanes) is 12. The fraction of sp³-hybridized carbons (Fsp3) is 0.882. The standard InChI is InChI=1S/C17H32N2OS/c1-2-3-4-5-6-7-8-9-10-11-12-13-14-15-16-18-19-17(21)20-16/h2-15H2,1H3,(H,19,21). The minimum atomic E-state index is 0.389. The van der Waals surface area contributed by atoms with Gasteiger partial charge in [-0.25, -0.2) is 5.10 Å². The molecule has 21 heavy (non-hydrogen) atoms. The van der Waals surface area contributed by atoms with Gasteiger partial charge in [-0.05, 0) is 18.6 Å². The molecule has 0 aliphatic carbocycles. The third-order valence-corrected chi connectivity index (χ3v) is 4.15. The second kappa shape index (κ2) is 13.1. The second-order valence-electron chi connectivity index (χ2n) is 6.00. The third kappa shape index (κ3) is 10.7. The molecule has 0 radical (unpaired) electrons. The SMILES string of the molecule is CCCCCCCCCCCCCCCc1n[nH]c(=S)o1. The first-order valence-electron chi connectivity index (χ1n) is 8.87. The molecular formula is C17H32N2OS. The molecule has 0 atom stereocenters. The number of hydrogen-bond donors (Lipinski definition) is 1. The predicted molar refractivity (Wildman–Crippen MR) is 91.1 cm³/mol. The maximum absolute atomic E-state index is 5.24. The summed E-state index contributed by atoms with van der Waals surface area (Å²) < 4.78 is 5.24. The Morgan fingerprint density at radius 2 is 1.29 bits per heavy atom. The smallest absolute Gasteiger partial charge is 0.284 e. The summed E-state index contributed by atoms with van der Waals surface area (Å²) in [6.45, 7) is 2.28. The number of aryl methyl sites for hydroxylation is 1. The minimum absolute atomic E-state index is 0.389. The van der Waals surface area contributed by atoms with Gasteiger partial charge in [0.2, 0.25) is 5.89 Å². The molecule has 1 N–H and O–H groups in total. The van der Waals surface area contributed by atoms with Crippen molar-refractivity contribution in [3.8, 4) is 0 Å². The predicted octanol–water partition coefficient (Wildman–Crippen LogP) is 6.37. The highest BCUT2D eigenvalue weighted by Crippen LogP contribution is 2.13. The number of hydrogen-bond acceptors (Lipinski definition) is 3. The maximum atomic E-state index is 5.24. The van der Waals surface area contributed by atoms with Crippen molar-refractivity contribution in [1.29, 1.82) is 0 Å². The fourth-order valence-corrected chi connectivity index (χ4v) is 2.80. The maximum Gasteiger partial charge on any atom is 0.284 e. The van der Waals surface area contributed by atoms with E-state index < -0.39 is 0 Å². The number of aromatic amines is 1. The summed E-state index contributed by atoms with van der Waals surface area (Å²) in [6, 6.07) is 0. The van der Waals surface area contributed by atoms with Crippen molar-refractivity contribution < 1.29 is 4.42 Å². The zero-order valence-electron chi connectivity index (χ0n) is 13.7. The fourth-order valence-electron chi connectivity index (χ4n) is 2.66. The average Bonchev–Trinajstić information content (AvgIpc) is 2.89. The first-order valence-corrected chi connectivity index (χ1v) is 9.28. The molecule has 1 aromatic rings. The number of nitrogens with zero attached hydrogens (tertiary/aromatic N) is 1. The molecule has 4 heteroatoms. The van der Waals surface area contributed by atoms with E-state index in [0.717, 1.165) is 18.7 Å². The van der Waals surface area contributed by atoms with E-state index >= 15 is 0 Å². The third-order valence-electron chi connectivity index (χ3n) is 3.98. The van der Waals surface area contributed by atoms with Gasteiger partial charge in [0, 0.05) is 6.42 Å². The van der Waals surface area contributed by atoms with Crippen molar-refractivity contribution in [2.45, 2.75) is 96.8 Å². The quantitative estimate of drug-likeness (QED) is 0.321. The summed E-state index contributed by atoms with van der Waals surface area (Å²) in [5, 5.41) is 6.68. The highest BCUT2D eigenvalue weighted by Gasteiger charge is 1.99. The Hall–Kier alpha value is -0.640. The van der Waals surface area contributed by atoms with Gasteiger partial charge < -0.3 is 4.42 Å². The molecule has 0 bridgehead atoms. The van der Waals surface area contributed by atoms with E-state index in [0.29, 0.717) is 4.84 Å². The van der Waals surface area contributed by atoms with Crippen LogP contribution in [0.2, 0.25) is 0 Å². The Kier molecular flexibility index (Phi) is 11.4. The van der Waals surface area contributed by atoms with Gasteiger partial charge in [-0.1, -0.05) is 84.0 Å². The minimum Gasteiger partial charge on any atom is -0.414 e. The largest absolute Gasteiger partial charge is 0.414 e. The second-order valence-corrected chi connectivity index (χ2v) is 6.37. The van der Waals surface area contributed by atoms with Crippen molar-refractivity contribution >= 4 is 12.2 Å². The van der Waals surface area contributed by atoms with Crippen molar-refractivity contribution in [2.75, 3.05) is 0 Å². The summed E-state index contributed by atoms with van der Waals surface area (Å²) in [7, 11) is 0. The monoisotopic (exact) mass is 312 g/mol. The molecule has 0 spiro atoms. The van der Waals surface area contributed by atoms with Gasteiger partial charge in [-0.3, -0.25) is 0 Å². The zero-order valence-corrected chi connectivity index (χ0v) is 14.5. The van der Waals surface area contributed by atoms with Crippen LogP contribution in [0.5, 0.6) is 0 Å². The highest BCUT2D eigenvalue weighted by atomic mass is 32.1. The lowest BCUT2D eigenvalue weighted by Gasteiger charge is -2.02. The molecule has 0 aliphatic heterocycles.